The molecule has 0 spiro atoms. The predicted molar refractivity (Wildman–Crippen MR) is 32.2 cm³/mol. The van der Waals surface area contributed by atoms with Crippen LogP contribution in [0.15, 0.2) is 4.99 Å². The Labute approximate surface area is 56.2 Å². The van der Waals surface area contributed by atoms with E-state index in [0.29, 0.717) is 0 Å². The van der Waals surface area contributed by atoms with Gasteiger partial charge in [0, 0.05) is 0 Å². The monoisotopic (exact) mass is 146 g/mol. The van der Waals surface area contributed by atoms with Gasteiger partial charge in [-0.25, -0.2) is 4.79 Å². The molecule has 0 atom stereocenters. The van der Waals surface area contributed by atoms with Crippen LogP contribution in [0, 0.1) is 0 Å². The quantitative estimate of drug-likeness (QED) is 0.363. The molecule has 56 valence electrons. The van der Waals surface area contributed by atoms with Crippen LogP contribution in [-0.4, -0.2) is 35.2 Å². The van der Waals surface area contributed by atoms with Crippen molar-refractivity contribution in [2.24, 2.45) is 4.99 Å². The largest absolute Gasteiger partial charge is 0.480 e. The van der Waals surface area contributed by atoms with Crippen molar-refractivity contribution in [3.05, 3.63) is 0 Å². The third-order valence-electron chi connectivity index (χ3n) is 0.520. The van der Waals surface area contributed by atoms with Crippen molar-refractivity contribution >= 4 is 18.4 Å². The fourth-order valence-corrected chi connectivity index (χ4v) is 0.234. The predicted octanol–water partition coefficient (Wildman–Crippen LogP) is -0.633. The van der Waals surface area contributed by atoms with Gasteiger partial charge in [-0.1, -0.05) is 0 Å². The van der Waals surface area contributed by atoms with Gasteiger partial charge in [-0.3, -0.25) is 4.79 Å². The summed E-state index contributed by atoms with van der Waals surface area (Å²) in [7, 11) is 0. The van der Waals surface area contributed by atoms with E-state index in [-0.39, 0.29) is 6.54 Å². The summed E-state index contributed by atoms with van der Waals surface area (Å²) in [5, 5.41) is 18.0. The SMILES string of the molecule is O=C(O)CNC=NC(=O)O. The van der Waals surface area contributed by atoms with Gasteiger partial charge in [0.05, 0.1) is 6.34 Å². The molecule has 0 aromatic heterocycles. The fraction of sp³-hybridized carbons (Fsp3) is 0.250. The summed E-state index contributed by atoms with van der Waals surface area (Å²) < 4.78 is 0. The van der Waals surface area contributed by atoms with E-state index in [4.69, 9.17) is 10.2 Å². The zero-order valence-corrected chi connectivity index (χ0v) is 4.94. The number of nitrogens with one attached hydrogen (secondary N) is 1. The van der Waals surface area contributed by atoms with Crippen molar-refractivity contribution in [3.8, 4) is 0 Å². The minimum Gasteiger partial charge on any atom is -0.480 e. The Balaban J connectivity index is 3.36. The summed E-state index contributed by atoms with van der Waals surface area (Å²) >= 11 is 0. The van der Waals surface area contributed by atoms with Gasteiger partial charge in [-0.2, -0.15) is 4.99 Å². The second-order valence-corrected chi connectivity index (χ2v) is 1.32. The van der Waals surface area contributed by atoms with E-state index in [1.165, 1.54) is 0 Å². The zero-order chi connectivity index (χ0) is 7.98. The Kier molecular flexibility index (Phi) is 3.62. The summed E-state index contributed by atoms with van der Waals surface area (Å²) in [5.41, 5.74) is 0. The van der Waals surface area contributed by atoms with Crippen LogP contribution in [0.4, 0.5) is 4.79 Å². The number of nitrogens with zero attached hydrogens (tertiary/aromatic N) is 1. The number of aliphatic imine (C=N–C) groups is 1. The van der Waals surface area contributed by atoms with E-state index in [9.17, 15) is 9.59 Å². The average Bonchev–Trinajstić information content (AvgIpc) is 1.79. The Morgan fingerprint density at radius 2 is 2.10 bits per heavy atom. The first-order chi connectivity index (χ1) is 4.63. The van der Waals surface area contributed by atoms with Crippen molar-refractivity contribution in [2.45, 2.75) is 0 Å². The molecule has 6 nitrogen and oxygen atoms in total. The van der Waals surface area contributed by atoms with Gasteiger partial charge in [0.1, 0.15) is 6.54 Å². The highest BCUT2D eigenvalue weighted by atomic mass is 16.4. The summed E-state index contributed by atoms with van der Waals surface area (Å²) in [6.45, 7) is -0.337. The van der Waals surface area contributed by atoms with Crippen LogP contribution in [0.5, 0.6) is 0 Å². The maximum Gasteiger partial charge on any atom is 0.432 e. The lowest BCUT2D eigenvalue weighted by molar-refractivity contribution is -0.135. The summed E-state index contributed by atoms with van der Waals surface area (Å²) in [6, 6.07) is 0. The Bertz CT molecular complexity index is 165. The molecule has 0 aromatic rings. The molecule has 6 heteroatoms. The molecule has 0 saturated heterocycles. The second kappa shape index (κ2) is 4.30. The number of rotatable bonds is 3. The van der Waals surface area contributed by atoms with Crippen LogP contribution in [0.3, 0.4) is 0 Å². The molecule has 0 bridgehead atoms. The topological polar surface area (TPSA) is 99.0 Å². The second-order valence-electron chi connectivity index (χ2n) is 1.32. The van der Waals surface area contributed by atoms with Gasteiger partial charge in [0.25, 0.3) is 0 Å². The van der Waals surface area contributed by atoms with Crippen molar-refractivity contribution in [1.29, 1.82) is 0 Å². The molecular formula is C4H6N2O4. The highest BCUT2D eigenvalue weighted by Gasteiger charge is 1.90. The number of hydrogen-bond donors (Lipinski definition) is 3. The Hall–Kier alpha value is -1.59. The fourth-order valence-electron chi connectivity index (χ4n) is 0.234. The van der Waals surface area contributed by atoms with Crippen molar-refractivity contribution in [2.75, 3.05) is 6.54 Å². The van der Waals surface area contributed by atoms with E-state index in [0.717, 1.165) is 6.34 Å². The number of amides is 1. The molecule has 10 heavy (non-hydrogen) atoms. The van der Waals surface area contributed by atoms with E-state index >= 15 is 0 Å². The van der Waals surface area contributed by atoms with Crippen LogP contribution in [-0.2, 0) is 4.79 Å². The summed E-state index contributed by atoms with van der Waals surface area (Å²) in [4.78, 5) is 22.2. The molecule has 0 heterocycles. The van der Waals surface area contributed by atoms with Crippen molar-refractivity contribution in [3.63, 3.8) is 0 Å². The molecule has 0 saturated carbocycles. The van der Waals surface area contributed by atoms with Gasteiger partial charge in [-0.05, 0) is 0 Å². The molecule has 0 aliphatic heterocycles. The molecule has 0 fully saturated rings. The van der Waals surface area contributed by atoms with Crippen LogP contribution in [0.1, 0.15) is 0 Å². The standard InChI is InChI=1S/C4H6N2O4/c7-3(8)1-5-2-6-4(9)10/h2H,1H2,(H,5,6)(H,7,8)(H,9,10). The van der Waals surface area contributed by atoms with E-state index < -0.39 is 12.1 Å². The normalized spacial score (nSPS) is 9.60. The van der Waals surface area contributed by atoms with Crippen LogP contribution in [0.25, 0.3) is 0 Å². The van der Waals surface area contributed by atoms with Crippen molar-refractivity contribution < 1.29 is 19.8 Å². The molecule has 0 unspecified atom stereocenters. The number of hydrogen-bond acceptors (Lipinski definition) is 2. The van der Waals surface area contributed by atoms with Gasteiger partial charge < -0.3 is 15.5 Å². The minimum absolute atomic E-state index is 0.337. The number of carboxylic acid groups (broad SMARTS) is 2. The first-order valence-electron chi connectivity index (χ1n) is 2.33. The van der Waals surface area contributed by atoms with Crippen LogP contribution < -0.4 is 5.32 Å². The molecule has 3 N–H and O–H groups in total. The lowest BCUT2D eigenvalue weighted by Gasteiger charge is -1.89. The number of aliphatic carboxylic acids is 1. The molecular weight excluding hydrogens is 140 g/mol. The van der Waals surface area contributed by atoms with Gasteiger partial charge in [0.2, 0.25) is 0 Å². The summed E-state index contributed by atoms with van der Waals surface area (Å²) in [5.74, 6) is -1.07. The molecule has 1 amide bonds. The first-order valence-corrected chi connectivity index (χ1v) is 2.33. The zero-order valence-electron chi connectivity index (χ0n) is 4.94. The lowest BCUT2D eigenvalue weighted by atomic mass is 10.7. The van der Waals surface area contributed by atoms with Gasteiger partial charge in [-0.15, -0.1) is 0 Å². The molecule has 0 rings (SSSR count). The molecule has 0 aliphatic rings. The minimum atomic E-state index is -1.36. The highest BCUT2D eigenvalue weighted by molar-refractivity contribution is 5.79. The first kappa shape index (κ1) is 8.41. The smallest absolute Gasteiger partial charge is 0.432 e. The molecule has 0 radical (unpaired) electrons. The number of carbonyl (C=O) groups is 2. The maximum atomic E-state index is 9.77. The van der Waals surface area contributed by atoms with E-state index in [1.807, 2.05) is 0 Å². The molecule has 0 aliphatic carbocycles. The summed E-state index contributed by atoms with van der Waals surface area (Å²) in [6.07, 6.45) is -0.547. The maximum absolute atomic E-state index is 9.77. The van der Waals surface area contributed by atoms with E-state index in [2.05, 4.69) is 10.3 Å². The average molecular weight is 146 g/mol. The lowest BCUT2D eigenvalue weighted by Crippen LogP contribution is -2.21. The molecule has 0 aromatic carbocycles. The van der Waals surface area contributed by atoms with Gasteiger partial charge in [0.15, 0.2) is 0 Å². The van der Waals surface area contributed by atoms with Crippen LogP contribution >= 0.6 is 0 Å². The van der Waals surface area contributed by atoms with Crippen molar-refractivity contribution in [1.82, 2.24) is 5.32 Å². The third-order valence-corrected chi connectivity index (χ3v) is 0.520. The highest BCUT2D eigenvalue weighted by Crippen LogP contribution is 1.65. The van der Waals surface area contributed by atoms with E-state index in [1.54, 1.807) is 0 Å². The van der Waals surface area contributed by atoms with Crippen LogP contribution in [0.2, 0.25) is 0 Å². The van der Waals surface area contributed by atoms with Gasteiger partial charge >= 0.3 is 12.1 Å². The third kappa shape index (κ3) is 6.41. The Morgan fingerprint density at radius 1 is 1.50 bits per heavy atom. The number of carboxylic acids is 1. The Morgan fingerprint density at radius 3 is 2.50 bits per heavy atom.